The average Bonchev–Trinajstić information content (AvgIpc) is 2.43. The Bertz CT molecular complexity index is 590. The molecule has 0 aliphatic rings. The van der Waals surface area contributed by atoms with Gasteiger partial charge in [-0.15, -0.1) is 0 Å². The first kappa shape index (κ1) is 16.9. The second-order valence-corrected chi connectivity index (χ2v) is 6.77. The van der Waals surface area contributed by atoms with E-state index in [-0.39, 0.29) is 16.3 Å². The number of nitro groups is 1. The summed E-state index contributed by atoms with van der Waals surface area (Å²) in [6.07, 6.45) is 0.632. The molecule has 0 bridgehead atoms. The number of nitro benzene ring substituents is 1. The summed E-state index contributed by atoms with van der Waals surface area (Å²) in [7, 11) is -1.08. The Morgan fingerprint density at radius 2 is 2.10 bits per heavy atom. The van der Waals surface area contributed by atoms with Crippen molar-refractivity contribution in [3.63, 3.8) is 0 Å². The highest BCUT2D eigenvalue weighted by Crippen LogP contribution is 2.30. The van der Waals surface area contributed by atoms with E-state index in [1.54, 1.807) is 0 Å². The topological polar surface area (TPSA) is 89.7 Å². The van der Waals surface area contributed by atoms with Crippen molar-refractivity contribution in [2.75, 3.05) is 26.0 Å². The normalized spacial score (nSPS) is 11.6. The molecule has 0 unspecified atom stereocenters. The Kier molecular flexibility index (Phi) is 5.90. The van der Waals surface area contributed by atoms with Crippen LogP contribution in [0.25, 0.3) is 0 Å². The average molecular weight is 367 g/mol. The van der Waals surface area contributed by atoms with Crippen LogP contribution in [0.15, 0.2) is 23.1 Å². The van der Waals surface area contributed by atoms with Gasteiger partial charge in [0.1, 0.15) is 10.6 Å². The van der Waals surface area contributed by atoms with Crippen LogP contribution < -0.4 is 4.74 Å². The van der Waals surface area contributed by atoms with E-state index in [0.717, 1.165) is 10.4 Å². The third kappa shape index (κ3) is 3.68. The Morgan fingerprint density at radius 3 is 2.60 bits per heavy atom. The van der Waals surface area contributed by atoms with Crippen molar-refractivity contribution in [2.24, 2.45) is 0 Å². The van der Waals surface area contributed by atoms with E-state index in [1.807, 2.05) is 0 Å². The number of non-ortho nitro benzene ring substituents is 1. The molecule has 0 aliphatic heterocycles. The molecule has 0 N–H and O–H groups in total. The number of nitrogens with zero attached hydrogens (tertiary/aromatic N) is 2. The smallest absolute Gasteiger partial charge is 0.271 e. The molecule has 0 aromatic heterocycles. The molecule has 7 nitrogen and oxygen atoms in total. The fourth-order valence-electron chi connectivity index (χ4n) is 1.55. The molecule has 0 spiro atoms. The lowest BCUT2D eigenvalue weighted by Crippen LogP contribution is -2.28. The van der Waals surface area contributed by atoms with E-state index in [2.05, 4.69) is 15.9 Å². The molecule has 20 heavy (non-hydrogen) atoms. The van der Waals surface area contributed by atoms with Gasteiger partial charge in [0.15, 0.2) is 0 Å². The summed E-state index contributed by atoms with van der Waals surface area (Å²) in [6.45, 7) is 0.305. The Balaban J connectivity index is 3.27. The van der Waals surface area contributed by atoms with Crippen LogP contribution in [-0.4, -0.2) is 43.7 Å². The van der Waals surface area contributed by atoms with Crippen molar-refractivity contribution >= 4 is 31.6 Å². The molecule has 0 saturated carbocycles. The minimum Gasteiger partial charge on any atom is -0.495 e. The van der Waals surface area contributed by atoms with Crippen LogP contribution in [-0.2, 0) is 10.0 Å². The maximum absolute atomic E-state index is 12.4. The molecule has 112 valence electrons. The molecule has 1 aromatic rings. The second kappa shape index (κ2) is 7.00. The number of methoxy groups -OCH3 is 1. The van der Waals surface area contributed by atoms with Gasteiger partial charge in [0.2, 0.25) is 10.0 Å². The highest BCUT2D eigenvalue weighted by molar-refractivity contribution is 9.09. The summed E-state index contributed by atoms with van der Waals surface area (Å²) < 4.78 is 30.9. The van der Waals surface area contributed by atoms with Gasteiger partial charge in [-0.25, -0.2) is 12.7 Å². The van der Waals surface area contributed by atoms with Gasteiger partial charge in [0, 0.05) is 31.1 Å². The van der Waals surface area contributed by atoms with Gasteiger partial charge in [0.25, 0.3) is 5.69 Å². The molecule has 0 radical (unpaired) electrons. The number of benzene rings is 1. The molecule has 1 rings (SSSR count). The lowest BCUT2D eigenvalue weighted by Gasteiger charge is -2.18. The van der Waals surface area contributed by atoms with E-state index in [4.69, 9.17) is 4.74 Å². The number of ether oxygens (including phenoxy) is 1. The van der Waals surface area contributed by atoms with Gasteiger partial charge in [0.05, 0.1) is 12.0 Å². The lowest BCUT2D eigenvalue weighted by atomic mass is 10.3. The predicted molar refractivity (Wildman–Crippen MR) is 77.9 cm³/mol. The van der Waals surface area contributed by atoms with Gasteiger partial charge in [-0.1, -0.05) is 15.9 Å². The lowest BCUT2D eigenvalue weighted by molar-refractivity contribution is -0.385. The van der Waals surface area contributed by atoms with E-state index >= 15 is 0 Å². The van der Waals surface area contributed by atoms with Gasteiger partial charge >= 0.3 is 0 Å². The molecule has 0 fully saturated rings. The zero-order valence-corrected chi connectivity index (χ0v) is 13.5. The molecular weight excluding hydrogens is 352 g/mol. The third-order valence-electron chi connectivity index (χ3n) is 2.65. The molecule has 0 heterocycles. The van der Waals surface area contributed by atoms with E-state index in [1.165, 1.54) is 26.3 Å². The number of sulfonamides is 1. The largest absolute Gasteiger partial charge is 0.495 e. The van der Waals surface area contributed by atoms with Gasteiger partial charge in [-0.05, 0) is 12.5 Å². The summed E-state index contributed by atoms with van der Waals surface area (Å²) in [5.74, 6) is 0.0845. The van der Waals surface area contributed by atoms with Crippen LogP contribution in [0.5, 0.6) is 5.75 Å². The first-order valence-corrected chi connectivity index (χ1v) is 8.25. The Morgan fingerprint density at radius 1 is 1.45 bits per heavy atom. The van der Waals surface area contributed by atoms with Crippen LogP contribution >= 0.6 is 15.9 Å². The number of hydrogen-bond acceptors (Lipinski definition) is 5. The fourth-order valence-corrected chi connectivity index (χ4v) is 3.18. The molecule has 0 aliphatic carbocycles. The summed E-state index contributed by atoms with van der Waals surface area (Å²) in [6, 6.07) is 3.50. The number of hydrogen-bond donors (Lipinski definition) is 0. The first-order chi connectivity index (χ1) is 9.34. The van der Waals surface area contributed by atoms with Crippen molar-refractivity contribution in [3.8, 4) is 5.75 Å². The standard InChI is InChI=1S/C11H15BrN2O5S/c1-13(7-3-6-12)20(17,18)11-8-9(14(15)16)4-5-10(11)19-2/h4-5,8H,3,6-7H2,1-2H3. The first-order valence-electron chi connectivity index (χ1n) is 5.69. The zero-order valence-electron chi connectivity index (χ0n) is 11.1. The third-order valence-corrected chi connectivity index (χ3v) is 5.09. The molecule has 0 saturated heterocycles. The van der Waals surface area contributed by atoms with Crippen LogP contribution in [0.2, 0.25) is 0 Å². The van der Waals surface area contributed by atoms with Crippen molar-refractivity contribution < 1.29 is 18.1 Å². The summed E-state index contributed by atoms with van der Waals surface area (Å²) >= 11 is 3.22. The molecule has 0 amide bonds. The summed E-state index contributed by atoms with van der Waals surface area (Å²) in [5, 5.41) is 11.4. The minimum absolute atomic E-state index is 0.0845. The van der Waals surface area contributed by atoms with Crippen molar-refractivity contribution in [3.05, 3.63) is 28.3 Å². The van der Waals surface area contributed by atoms with Crippen molar-refractivity contribution in [1.82, 2.24) is 4.31 Å². The Labute approximate surface area is 125 Å². The second-order valence-electron chi connectivity index (χ2n) is 3.96. The van der Waals surface area contributed by atoms with E-state index in [0.29, 0.717) is 18.3 Å². The molecule has 0 atom stereocenters. The van der Waals surface area contributed by atoms with Crippen molar-refractivity contribution in [1.29, 1.82) is 0 Å². The van der Waals surface area contributed by atoms with Crippen LogP contribution in [0.4, 0.5) is 5.69 Å². The van der Waals surface area contributed by atoms with Gasteiger partial charge in [-0.3, -0.25) is 10.1 Å². The quantitative estimate of drug-likeness (QED) is 0.418. The summed E-state index contributed by atoms with van der Waals surface area (Å²) in [5.41, 5.74) is -0.293. The maximum atomic E-state index is 12.4. The number of rotatable bonds is 7. The zero-order chi connectivity index (χ0) is 15.3. The van der Waals surface area contributed by atoms with Crippen LogP contribution in [0, 0.1) is 10.1 Å². The summed E-state index contributed by atoms with van der Waals surface area (Å²) in [4.78, 5) is 9.93. The molecule has 9 heteroatoms. The van der Waals surface area contributed by atoms with Gasteiger partial charge in [-0.2, -0.15) is 0 Å². The highest BCUT2D eigenvalue weighted by Gasteiger charge is 2.26. The minimum atomic E-state index is -3.83. The van der Waals surface area contributed by atoms with Gasteiger partial charge < -0.3 is 4.74 Å². The highest BCUT2D eigenvalue weighted by atomic mass is 79.9. The Hall–Kier alpha value is -1.19. The maximum Gasteiger partial charge on any atom is 0.271 e. The van der Waals surface area contributed by atoms with E-state index < -0.39 is 14.9 Å². The predicted octanol–water partition coefficient (Wildman–Crippen LogP) is 2.01. The van der Waals surface area contributed by atoms with Crippen LogP contribution in [0.3, 0.4) is 0 Å². The molecule has 1 aromatic carbocycles. The SMILES string of the molecule is COc1ccc([N+](=O)[O-])cc1S(=O)(=O)N(C)CCCBr. The fraction of sp³-hybridized carbons (Fsp3) is 0.455. The van der Waals surface area contributed by atoms with Crippen LogP contribution in [0.1, 0.15) is 6.42 Å². The van der Waals surface area contributed by atoms with Crippen molar-refractivity contribution in [2.45, 2.75) is 11.3 Å². The number of halogens is 1. The monoisotopic (exact) mass is 366 g/mol. The molecular formula is C11H15BrN2O5S. The van der Waals surface area contributed by atoms with E-state index in [9.17, 15) is 18.5 Å². The number of alkyl halides is 1.